The molecule has 2 aromatic carbocycles. The number of aromatic carboxylic acids is 1. The molecule has 4 nitrogen and oxygen atoms in total. The average molecular weight is 377 g/mol. The molecule has 0 unspecified atom stereocenters. The van der Waals surface area contributed by atoms with Gasteiger partial charge in [0.25, 0.3) is 0 Å². The fourth-order valence-corrected chi connectivity index (χ4v) is 2.36. The molecule has 2 aromatic rings. The molecule has 2 rings (SSSR count). The highest BCUT2D eigenvalue weighted by Crippen LogP contribution is 2.39. The summed E-state index contributed by atoms with van der Waals surface area (Å²) in [5, 5.41) is 9.80. The maximum absolute atomic E-state index is 11.2. The van der Waals surface area contributed by atoms with Gasteiger partial charge in [0.05, 0.1) is 15.7 Å². The van der Waals surface area contributed by atoms with Gasteiger partial charge < -0.3 is 15.6 Å². The highest BCUT2D eigenvalue weighted by Gasteiger charge is 2.17. The molecule has 20 heavy (non-hydrogen) atoms. The number of nitrogen functional groups attached to an aromatic ring is 1. The summed E-state index contributed by atoms with van der Waals surface area (Å²) in [5.41, 5.74) is 5.89. The van der Waals surface area contributed by atoms with Crippen LogP contribution in [0.5, 0.6) is 11.5 Å². The Morgan fingerprint density at radius 2 is 1.95 bits per heavy atom. The Labute approximate surface area is 133 Å². The van der Waals surface area contributed by atoms with Crippen molar-refractivity contribution in [1.82, 2.24) is 0 Å². The summed E-state index contributed by atoms with van der Waals surface area (Å²) in [7, 11) is 0. The van der Waals surface area contributed by atoms with E-state index in [1.165, 1.54) is 24.3 Å². The van der Waals surface area contributed by atoms with E-state index in [0.717, 1.165) is 0 Å². The van der Waals surface area contributed by atoms with Gasteiger partial charge in [0.1, 0.15) is 11.3 Å². The minimum atomic E-state index is -1.15. The van der Waals surface area contributed by atoms with Gasteiger partial charge in [-0.2, -0.15) is 0 Å². The molecule has 0 spiro atoms. The first-order chi connectivity index (χ1) is 9.40. The molecule has 7 heteroatoms. The molecule has 0 radical (unpaired) electrons. The smallest absolute Gasteiger partial charge is 0.339 e. The van der Waals surface area contributed by atoms with Gasteiger partial charge in [-0.15, -0.1) is 0 Å². The number of nitrogens with two attached hydrogens (primary N) is 1. The molecule has 104 valence electrons. The van der Waals surface area contributed by atoms with Crippen LogP contribution in [0.2, 0.25) is 10.0 Å². The van der Waals surface area contributed by atoms with Crippen molar-refractivity contribution in [1.29, 1.82) is 0 Å². The van der Waals surface area contributed by atoms with E-state index in [2.05, 4.69) is 15.9 Å². The third-order valence-corrected chi connectivity index (χ3v) is 3.96. The monoisotopic (exact) mass is 375 g/mol. The Balaban J connectivity index is 2.50. The van der Waals surface area contributed by atoms with Crippen LogP contribution in [0.3, 0.4) is 0 Å². The number of carboxylic acids is 1. The number of hydrogen-bond acceptors (Lipinski definition) is 3. The van der Waals surface area contributed by atoms with Crippen LogP contribution < -0.4 is 10.5 Å². The van der Waals surface area contributed by atoms with Crippen molar-refractivity contribution in [3.05, 3.63) is 50.4 Å². The first-order valence-electron chi connectivity index (χ1n) is 5.34. The van der Waals surface area contributed by atoms with Gasteiger partial charge in [-0.25, -0.2) is 4.79 Å². The highest BCUT2D eigenvalue weighted by atomic mass is 79.9. The Kier molecular flexibility index (Phi) is 4.42. The van der Waals surface area contributed by atoms with Gasteiger partial charge in [-0.3, -0.25) is 0 Å². The summed E-state index contributed by atoms with van der Waals surface area (Å²) in [6.45, 7) is 0. The summed E-state index contributed by atoms with van der Waals surface area (Å²) in [5.74, 6) is -0.896. The molecule has 0 bridgehead atoms. The maximum atomic E-state index is 11.2. The fraction of sp³-hybridized carbons (Fsp3) is 0. The summed E-state index contributed by atoms with van der Waals surface area (Å²) in [6, 6.07) is 7.49. The predicted octanol–water partition coefficient (Wildman–Crippen LogP) is 4.83. The Hall–Kier alpha value is -1.43. The van der Waals surface area contributed by atoms with Crippen LogP contribution in [-0.2, 0) is 0 Å². The molecular weight excluding hydrogens is 369 g/mol. The number of carbonyl (C=O) groups is 1. The molecule has 0 aliphatic heterocycles. The van der Waals surface area contributed by atoms with Gasteiger partial charge in [0.2, 0.25) is 0 Å². The third-order valence-electron chi connectivity index (χ3n) is 2.46. The van der Waals surface area contributed by atoms with E-state index in [4.69, 9.17) is 38.8 Å². The first-order valence-corrected chi connectivity index (χ1v) is 6.89. The molecule has 0 aliphatic carbocycles. The number of ether oxygens (including phenoxy) is 1. The lowest BCUT2D eigenvalue weighted by Gasteiger charge is -2.13. The SMILES string of the molecule is Nc1cccc(C(=O)O)c1Oc1cc(Cl)c(Br)cc1Cl. The Bertz CT molecular complexity index is 692. The van der Waals surface area contributed by atoms with Gasteiger partial charge in [-0.05, 0) is 34.1 Å². The van der Waals surface area contributed by atoms with Gasteiger partial charge in [0, 0.05) is 10.5 Å². The van der Waals surface area contributed by atoms with Gasteiger partial charge in [0.15, 0.2) is 5.75 Å². The summed E-state index contributed by atoms with van der Waals surface area (Å²) < 4.78 is 6.13. The summed E-state index contributed by atoms with van der Waals surface area (Å²) in [6.07, 6.45) is 0. The number of para-hydroxylation sites is 1. The van der Waals surface area contributed by atoms with Crippen LogP contribution in [-0.4, -0.2) is 11.1 Å². The molecular formula is C13H8BrCl2NO3. The third kappa shape index (κ3) is 3.00. The second-order valence-corrected chi connectivity index (χ2v) is 5.50. The number of anilines is 1. The van der Waals surface area contributed by atoms with Crippen LogP contribution >= 0.6 is 39.1 Å². The van der Waals surface area contributed by atoms with Crippen LogP contribution in [0, 0.1) is 0 Å². The molecule has 0 atom stereocenters. The van der Waals surface area contributed by atoms with Crippen molar-refractivity contribution in [3.8, 4) is 11.5 Å². The van der Waals surface area contributed by atoms with Crippen molar-refractivity contribution >= 4 is 50.8 Å². The molecule has 0 saturated heterocycles. The normalized spacial score (nSPS) is 10.3. The minimum Gasteiger partial charge on any atom is -0.478 e. The largest absolute Gasteiger partial charge is 0.478 e. The number of benzene rings is 2. The highest BCUT2D eigenvalue weighted by molar-refractivity contribution is 9.10. The molecule has 0 saturated carbocycles. The topological polar surface area (TPSA) is 72.6 Å². The Morgan fingerprint density at radius 3 is 2.60 bits per heavy atom. The molecule has 0 heterocycles. The van der Waals surface area contributed by atoms with Crippen LogP contribution in [0.15, 0.2) is 34.8 Å². The van der Waals surface area contributed by atoms with Crippen molar-refractivity contribution in [3.63, 3.8) is 0 Å². The average Bonchev–Trinajstić information content (AvgIpc) is 2.37. The molecule has 0 aliphatic rings. The van der Waals surface area contributed by atoms with E-state index in [0.29, 0.717) is 9.50 Å². The summed E-state index contributed by atoms with van der Waals surface area (Å²) in [4.78, 5) is 11.2. The van der Waals surface area contributed by atoms with E-state index >= 15 is 0 Å². The lowest BCUT2D eigenvalue weighted by atomic mass is 10.1. The van der Waals surface area contributed by atoms with Crippen LogP contribution in [0.25, 0.3) is 0 Å². The van der Waals surface area contributed by atoms with Crippen LogP contribution in [0.1, 0.15) is 10.4 Å². The molecule has 0 fully saturated rings. The van der Waals surface area contributed by atoms with E-state index < -0.39 is 5.97 Å². The maximum Gasteiger partial charge on any atom is 0.339 e. The number of hydrogen-bond donors (Lipinski definition) is 2. The second kappa shape index (κ2) is 5.91. The number of rotatable bonds is 3. The van der Waals surface area contributed by atoms with E-state index in [1.807, 2.05) is 0 Å². The van der Waals surface area contributed by atoms with Crippen LogP contribution in [0.4, 0.5) is 5.69 Å². The molecule has 0 aromatic heterocycles. The predicted molar refractivity (Wildman–Crippen MR) is 82.0 cm³/mol. The standard InChI is InChI=1S/C13H8BrCl2NO3/c14-7-4-9(16)11(5-8(7)15)20-12-6(13(18)19)2-1-3-10(12)17/h1-5H,17H2,(H,18,19). The summed E-state index contributed by atoms with van der Waals surface area (Å²) >= 11 is 15.2. The number of carboxylic acid groups (broad SMARTS) is 1. The van der Waals surface area contributed by atoms with Crippen molar-refractivity contribution < 1.29 is 14.6 Å². The lowest BCUT2D eigenvalue weighted by Crippen LogP contribution is -2.03. The zero-order valence-electron chi connectivity index (χ0n) is 9.86. The van der Waals surface area contributed by atoms with Crippen molar-refractivity contribution in [2.24, 2.45) is 0 Å². The lowest BCUT2D eigenvalue weighted by molar-refractivity contribution is 0.0694. The molecule has 0 amide bonds. The number of halogens is 3. The van der Waals surface area contributed by atoms with Gasteiger partial charge in [-0.1, -0.05) is 29.3 Å². The fourth-order valence-electron chi connectivity index (χ4n) is 1.53. The van der Waals surface area contributed by atoms with Crippen molar-refractivity contribution in [2.75, 3.05) is 5.73 Å². The first kappa shape index (κ1) is 15.0. The second-order valence-electron chi connectivity index (χ2n) is 3.83. The van der Waals surface area contributed by atoms with E-state index in [9.17, 15) is 4.79 Å². The van der Waals surface area contributed by atoms with Crippen molar-refractivity contribution in [2.45, 2.75) is 0 Å². The Morgan fingerprint density at radius 1 is 1.25 bits per heavy atom. The zero-order chi connectivity index (χ0) is 14.9. The van der Waals surface area contributed by atoms with E-state index in [1.54, 1.807) is 6.07 Å². The van der Waals surface area contributed by atoms with E-state index in [-0.39, 0.29) is 27.8 Å². The quantitative estimate of drug-likeness (QED) is 0.594. The molecule has 3 N–H and O–H groups in total. The zero-order valence-corrected chi connectivity index (χ0v) is 13.0. The van der Waals surface area contributed by atoms with Gasteiger partial charge >= 0.3 is 5.97 Å². The minimum absolute atomic E-state index is 0.0280.